The average Bonchev–Trinajstić information content (AvgIpc) is 2.65. The molecular formula is C11H21N3O. The van der Waals surface area contributed by atoms with Crippen molar-refractivity contribution in [2.24, 2.45) is 7.05 Å². The molecule has 1 heterocycles. The summed E-state index contributed by atoms with van der Waals surface area (Å²) in [5, 5.41) is 3.27. The van der Waals surface area contributed by atoms with Gasteiger partial charge in [-0.15, -0.1) is 0 Å². The van der Waals surface area contributed by atoms with Gasteiger partial charge in [0, 0.05) is 26.6 Å². The van der Waals surface area contributed by atoms with Gasteiger partial charge in [-0.25, -0.2) is 4.98 Å². The molecule has 1 aromatic rings. The number of nitrogens with one attached hydrogen (secondary N) is 1. The van der Waals surface area contributed by atoms with Crippen molar-refractivity contribution in [3.8, 4) is 0 Å². The van der Waals surface area contributed by atoms with Crippen LogP contribution in [0.1, 0.15) is 31.6 Å². The lowest BCUT2D eigenvalue weighted by Gasteiger charge is -2.24. The topological polar surface area (TPSA) is 39.1 Å². The van der Waals surface area contributed by atoms with Crippen molar-refractivity contribution in [3.05, 3.63) is 18.2 Å². The van der Waals surface area contributed by atoms with Gasteiger partial charge in [0.05, 0.1) is 12.1 Å². The smallest absolute Gasteiger partial charge is 0.128 e. The Bertz CT molecular complexity index is 285. The number of aryl methyl sites for hydroxylation is 1. The first-order valence-electron chi connectivity index (χ1n) is 5.41. The molecular weight excluding hydrogens is 190 g/mol. The van der Waals surface area contributed by atoms with Gasteiger partial charge in [-0.3, -0.25) is 0 Å². The summed E-state index contributed by atoms with van der Waals surface area (Å²) in [7, 11) is 5.71. The SMILES string of the molecule is CCCC(OC)C(NC)c1nccn1C. The van der Waals surface area contributed by atoms with Crippen molar-refractivity contribution in [1.82, 2.24) is 14.9 Å². The summed E-state index contributed by atoms with van der Waals surface area (Å²) in [5.74, 6) is 1.03. The number of methoxy groups -OCH3 is 1. The van der Waals surface area contributed by atoms with Gasteiger partial charge in [0.2, 0.25) is 0 Å². The summed E-state index contributed by atoms with van der Waals surface area (Å²) in [5.41, 5.74) is 0. The molecule has 0 fully saturated rings. The van der Waals surface area contributed by atoms with Crippen LogP contribution in [0.3, 0.4) is 0 Å². The molecule has 0 radical (unpaired) electrons. The van der Waals surface area contributed by atoms with E-state index in [1.165, 1.54) is 0 Å². The molecule has 1 rings (SSSR count). The second kappa shape index (κ2) is 5.88. The van der Waals surface area contributed by atoms with Gasteiger partial charge in [0.25, 0.3) is 0 Å². The standard InChI is InChI=1S/C11H21N3O/c1-5-6-9(15-4)10(12-2)11-13-7-8-14(11)3/h7-10,12H,5-6H2,1-4H3. The Kier molecular flexibility index (Phi) is 4.78. The van der Waals surface area contributed by atoms with Crippen molar-refractivity contribution in [3.63, 3.8) is 0 Å². The second-order valence-corrected chi connectivity index (χ2v) is 3.73. The third-order valence-corrected chi connectivity index (χ3v) is 2.70. The largest absolute Gasteiger partial charge is 0.379 e. The average molecular weight is 211 g/mol. The van der Waals surface area contributed by atoms with Crippen LogP contribution in [0, 0.1) is 0 Å². The fraction of sp³-hybridized carbons (Fsp3) is 0.727. The highest BCUT2D eigenvalue weighted by Gasteiger charge is 2.23. The van der Waals surface area contributed by atoms with Crippen LogP contribution in [0.5, 0.6) is 0 Å². The maximum absolute atomic E-state index is 5.51. The monoisotopic (exact) mass is 211 g/mol. The van der Waals surface area contributed by atoms with Gasteiger partial charge < -0.3 is 14.6 Å². The summed E-state index contributed by atoms with van der Waals surface area (Å²) in [6, 6.07) is 0.162. The molecule has 4 nitrogen and oxygen atoms in total. The van der Waals surface area contributed by atoms with Crippen LogP contribution >= 0.6 is 0 Å². The third-order valence-electron chi connectivity index (χ3n) is 2.70. The number of imidazole rings is 1. The van der Waals surface area contributed by atoms with E-state index in [0.29, 0.717) is 0 Å². The Labute approximate surface area is 91.7 Å². The second-order valence-electron chi connectivity index (χ2n) is 3.73. The Morgan fingerprint density at radius 1 is 1.60 bits per heavy atom. The first-order chi connectivity index (χ1) is 7.24. The molecule has 0 aliphatic rings. The van der Waals surface area contributed by atoms with Crippen LogP contribution in [0.25, 0.3) is 0 Å². The van der Waals surface area contributed by atoms with E-state index in [1.807, 2.05) is 31.1 Å². The molecule has 0 aliphatic heterocycles. The van der Waals surface area contributed by atoms with Crippen molar-refractivity contribution in [2.45, 2.75) is 31.9 Å². The van der Waals surface area contributed by atoms with E-state index < -0.39 is 0 Å². The molecule has 0 amide bonds. The van der Waals surface area contributed by atoms with E-state index in [9.17, 15) is 0 Å². The van der Waals surface area contributed by atoms with Crippen molar-refractivity contribution >= 4 is 0 Å². The molecule has 86 valence electrons. The molecule has 0 aliphatic carbocycles. The van der Waals surface area contributed by atoms with Gasteiger partial charge in [0.1, 0.15) is 5.82 Å². The Morgan fingerprint density at radius 2 is 2.33 bits per heavy atom. The predicted octanol–water partition coefficient (Wildman–Crippen LogP) is 1.50. The van der Waals surface area contributed by atoms with Gasteiger partial charge in [-0.05, 0) is 13.5 Å². The van der Waals surface area contributed by atoms with E-state index in [-0.39, 0.29) is 12.1 Å². The molecule has 4 heteroatoms. The maximum Gasteiger partial charge on any atom is 0.128 e. The molecule has 0 aromatic carbocycles. The molecule has 0 spiro atoms. The molecule has 2 atom stereocenters. The highest BCUT2D eigenvalue weighted by molar-refractivity contribution is 5.01. The van der Waals surface area contributed by atoms with Crippen LogP contribution in [-0.2, 0) is 11.8 Å². The van der Waals surface area contributed by atoms with Crippen LogP contribution in [0.2, 0.25) is 0 Å². The highest BCUT2D eigenvalue weighted by atomic mass is 16.5. The van der Waals surface area contributed by atoms with Crippen molar-refractivity contribution < 1.29 is 4.74 Å². The molecule has 0 saturated carbocycles. The van der Waals surface area contributed by atoms with E-state index >= 15 is 0 Å². The van der Waals surface area contributed by atoms with Gasteiger partial charge in [-0.1, -0.05) is 13.3 Å². The Morgan fingerprint density at radius 3 is 2.73 bits per heavy atom. The van der Waals surface area contributed by atoms with Gasteiger partial charge >= 0.3 is 0 Å². The summed E-state index contributed by atoms with van der Waals surface area (Å²) >= 11 is 0. The normalized spacial score (nSPS) is 15.2. The van der Waals surface area contributed by atoms with Crippen molar-refractivity contribution in [2.75, 3.05) is 14.2 Å². The fourth-order valence-corrected chi connectivity index (χ4v) is 1.86. The zero-order valence-electron chi connectivity index (χ0n) is 10.0. The van der Waals surface area contributed by atoms with E-state index in [2.05, 4.69) is 17.2 Å². The lowest BCUT2D eigenvalue weighted by Crippen LogP contribution is -2.33. The molecule has 1 aromatic heterocycles. The first kappa shape index (κ1) is 12.2. The number of aromatic nitrogens is 2. The Balaban J connectivity index is 2.82. The fourth-order valence-electron chi connectivity index (χ4n) is 1.86. The predicted molar refractivity (Wildman–Crippen MR) is 60.7 cm³/mol. The van der Waals surface area contributed by atoms with E-state index in [0.717, 1.165) is 18.7 Å². The number of likely N-dealkylation sites (N-methyl/N-ethyl adjacent to an activating group) is 1. The first-order valence-corrected chi connectivity index (χ1v) is 5.41. The molecule has 2 unspecified atom stereocenters. The van der Waals surface area contributed by atoms with E-state index in [4.69, 9.17) is 4.74 Å². The minimum atomic E-state index is 0.162. The number of rotatable bonds is 6. The van der Waals surface area contributed by atoms with Crippen LogP contribution < -0.4 is 5.32 Å². The third kappa shape index (κ3) is 2.79. The minimum Gasteiger partial charge on any atom is -0.379 e. The van der Waals surface area contributed by atoms with E-state index in [1.54, 1.807) is 7.11 Å². The molecule has 15 heavy (non-hydrogen) atoms. The quantitative estimate of drug-likeness (QED) is 0.775. The molecule has 0 bridgehead atoms. The lowest BCUT2D eigenvalue weighted by molar-refractivity contribution is 0.0596. The maximum atomic E-state index is 5.51. The van der Waals surface area contributed by atoms with Crippen LogP contribution in [0.4, 0.5) is 0 Å². The lowest BCUT2D eigenvalue weighted by atomic mass is 10.1. The summed E-state index contributed by atoms with van der Waals surface area (Å²) in [4.78, 5) is 4.36. The van der Waals surface area contributed by atoms with Gasteiger partial charge in [0.15, 0.2) is 0 Å². The number of hydrogen-bond donors (Lipinski definition) is 1. The number of ether oxygens (including phenoxy) is 1. The van der Waals surface area contributed by atoms with Crippen LogP contribution in [0.15, 0.2) is 12.4 Å². The van der Waals surface area contributed by atoms with Crippen LogP contribution in [-0.4, -0.2) is 29.8 Å². The zero-order valence-corrected chi connectivity index (χ0v) is 10.0. The summed E-state index contributed by atoms with van der Waals surface area (Å²) < 4.78 is 7.54. The summed E-state index contributed by atoms with van der Waals surface area (Å²) in [6.45, 7) is 2.16. The summed E-state index contributed by atoms with van der Waals surface area (Å²) in [6.07, 6.45) is 6.10. The molecule has 0 saturated heterocycles. The number of hydrogen-bond acceptors (Lipinski definition) is 3. The van der Waals surface area contributed by atoms with Gasteiger partial charge in [-0.2, -0.15) is 0 Å². The Hall–Kier alpha value is -0.870. The number of nitrogens with zero attached hydrogens (tertiary/aromatic N) is 2. The highest BCUT2D eigenvalue weighted by Crippen LogP contribution is 2.20. The zero-order chi connectivity index (χ0) is 11.3. The van der Waals surface area contributed by atoms with Crippen molar-refractivity contribution in [1.29, 1.82) is 0 Å². The molecule has 1 N–H and O–H groups in total. The minimum absolute atomic E-state index is 0.162.